The van der Waals surface area contributed by atoms with Crippen LogP contribution in [0.1, 0.15) is 40.0 Å². The molecular formula is C10H20O2. The molecule has 3 atom stereocenters. The van der Waals surface area contributed by atoms with Crippen LogP contribution in [-0.2, 0) is 4.79 Å². The van der Waals surface area contributed by atoms with Crippen molar-refractivity contribution < 1.29 is 9.90 Å². The number of hydrogen-bond acceptors (Lipinski definition) is 2. The average Bonchev–Trinajstić information content (AvgIpc) is 2.12. The van der Waals surface area contributed by atoms with E-state index in [-0.39, 0.29) is 5.92 Å². The van der Waals surface area contributed by atoms with E-state index in [1.807, 2.05) is 6.92 Å². The van der Waals surface area contributed by atoms with Gasteiger partial charge in [0.25, 0.3) is 0 Å². The van der Waals surface area contributed by atoms with Crippen molar-refractivity contribution in [2.45, 2.75) is 46.1 Å². The summed E-state index contributed by atoms with van der Waals surface area (Å²) in [6.07, 6.45) is 2.99. The van der Waals surface area contributed by atoms with Gasteiger partial charge in [-0.1, -0.05) is 27.2 Å². The molecule has 0 aliphatic carbocycles. The van der Waals surface area contributed by atoms with E-state index < -0.39 is 6.10 Å². The molecule has 72 valence electrons. The van der Waals surface area contributed by atoms with Crippen molar-refractivity contribution in [3.8, 4) is 0 Å². The molecule has 0 rings (SSSR count). The smallest absolute Gasteiger partial charge is 0.125 e. The summed E-state index contributed by atoms with van der Waals surface area (Å²) in [7, 11) is 0. The molecule has 1 N–H and O–H groups in total. The summed E-state index contributed by atoms with van der Waals surface area (Å²) >= 11 is 0. The number of aliphatic hydroxyl groups is 1. The Bertz CT molecular complexity index is 123. The van der Waals surface area contributed by atoms with Gasteiger partial charge in [-0.05, 0) is 18.8 Å². The Morgan fingerprint density at radius 2 is 1.92 bits per heavy atom. The number of hydrogen-bond donors (Lipinski definition) is 1. The Morgan fingerprint density at radius 3 is 2.25 bits per heavy atom. The molecule has 0 fully saturated rings. The molecule has 0 aliphatic heterocycles. The van der Waals surface area contributed by atoms with Gasteiger partial charge in [-0.25, -0.2) is 0 Å². The minimum Gasteiger partial charge on any atom is -0.392 e. The molecule has 12 heavy (non-hydrogen) atoms. The monoisotopic (exact) mass is 172 g/mol. The van der Waals surface area contributed by atoms with Crippen molar-refractivity contribution in [2.24, 2.45) is 11.8 Å². The fourth-order valence-corrected chi connectivity index (χ4v) is 1.24. The van der Waals surface area contributed by atoms with Crippen LogP contribution < -0.4 is 0 Å². The van der Waals surface area contributed by atoms with Crippen LogP contribution >= 0.6 is 0 Å². The van der Waals surface area contributed by atoms with Gasteiger partial charge >= 0.3 is 0 Å². The topological polar surface area (TPSA) is 37.3 Å². The summed E-state index contributed by atoms with van der Waals surface area (Å²) < 4.78 is 0. The van der Waals surface area contributed by atoms with E-state index in [2.05, 4.69) is 13.8 Å². The number of rotatable bonds is 6. The first-order valence-corrected chi connectivity index (χ1v) is 4.79. The third-order valence-electron chi connectivity index (χ3n) is 2.46. The van der Waals surface area contributed by atoms with E-state index in [9.17, 15) is 9.90 Å². The normalized spacial score (nSPS) is 18.3. The van der Waals surface area contributed by atoms with Gasteiger partial charge in [0.05, 0.1) is 6.10 Å². The number of carbonyl (C=O) groups excluding carboxylic acids is 1. The lowest BCUT2D eigenvalue weighted by Crippen LogP contribution is -2.22. The quantitative estimate of drug-likeness (QED) is 0.622. The first-order valence-electron chi connectivity index (χ1n) is 4.79. The second-order valence-corrected chi connectivity index (χ2v) is 3.52. The molecule has 0 heterocycles. The molecule has 0 spiro atoms. The molecule has 2 heteroatoms. The number of carbonyl (C=O) groups is 1. The third-order valence-corrected chi connectivity index (χ3v) is 2.46. The average molecular weight is 172 g/mol. The van der Waals surface area contributed by atoms with E-state index in [0.717, 1.165) is 19.1 Å². The summed E-state index contributed by atoms with van der Waals surface area (Å²) in [4.78, 5) is 10.6. The van der Waals surface area contributed by atoms with Crippen molar-refractivity contribution in [1.82, 2.24) is 0 Å². The zero-order valence-corrected chi connectivity index (χ0v) is 8.29. The Morgan fingerprint density at radius 1 is 1.33 bits per heavy atom. The lowest BCUT2D eigenvalue weighted by Gasteiger charge is -2.18. The maximum atomic E-state index is 10.6. The Kier molecular flexibility index (Phi) is 5.99. The molecule has 0 radical (unpaired) electrons. The molecule has 0 aromatic carbocycles. The highest BCUT2D eigenvalue weighted by atomic mass is 16.3. The van der Waals surface area contributed by atoms with Gasteiger partial charge in [-0.2, -0.15) is 0 Å². The van der Waals surface area contributed by atoms with E-state index >= 15 is 0 Å². The molecule has 2 nitrogen and oxygen atoms in total. The Balaban J connectivity index is 3.89. The highest BCUT2D eigenvalue weighted by Crippen LogP contribution is 2.17. The lowest BCUT2D eigenvalue weighted by molar-refractivity contribution is -0.115. The summed E-state index contributed by atoms with van der Waals surface area (Å²) in [6, 6.07) is 0. The maximum absolute atomic E-state index is 10.6. The molecule has 0 aromatic rings. The van der Waals surface area contributed by atoms with E-state index in [1.54, 1.807) is 0 Å². The highest BCUT2D eigenvalue weighted by Gasteiger charge is 2.18. The molecule has 0 saturated heterocycles. The fourth-order valence-electron chi connectivity index (χ4n) is 1.24. The van der Waals surface area contributed by atoms with Gasteiger partial charge in [0.15, 0.2) is 0 Å². The largest absolute Gasteiger partial charge is 0.392 e. The van der Waals surface area contributed by atoms with Crippen LogP contribution in [0.3, 0.4) is 0 Å². The Hall–Kier alpha value is -0.370. The first kappa shape index (κ1) is 11.6. The van der Waals surface area contributed by atoms with Crippen LogP contribution in [0.5, 0.6) is 0 Å². The van der Waals surface area contributed by atoms with Crippen LogP contribution in [0.4, 0.5) is 0 Å². The van der Waals surface area contributed by atoms with Crippen molar-refractivity contribution in [3.63, 3.8) is 0 Å². The molecule has 0 bridgehead atoms. The van der Waals surface area contributed by atoms with E-state index in [4.69, 9.17) is 0 Å². The fraction of sp³-hybridized carbons (Fsp3) is 0.900. The molecule has 0 amide bonds. The predicted molar refractivity (Wildman–Crippen MR) is 49.9 cm³/mol. The minimum atomic E-state index is -0.448. The Labute approximate surface area is 75.0 Å². The maximum Gasteiger partial charge on any atom is 0.125 e. The van der Waals surface area contributed by atoms with Crippen molar-refractivity contribution in [2.75, 3.05) is 0 Å². The van der Waals surface area contributed by atoms with Crippen LogP contribution in [0.2, 0.25) is 0 Å². The number of aliphatic hydroxyl groups excluding tert-OH is 1. The second-order valence-electron chi connectivity index (χ2n) is 3.52. The summed E-state index contributed by atoms with van der Waals surface area (Å²) in [5.41, 5.74) is 0. The summed E-state index contributed by atoms with van der Waals surface area (Å²) in [6.45, 7) is 6.11. The van der Waals surface area contributed by atoms with E-state index in [1.165, 1.54) is 0 Å². The number of aldehydes is 1. The van der Waals surface area contributed by atoms with Crippen LogP contribution in [0, 0.1) is 11.8 Å². The zero-order chi connectivity index (χ0) is 9.56. The summed E-state index contributed by atoms with van der Waals surface area (Å²) in [5, 5.41) is 9.43. The van der Waals surface area contributed by atoms with Gasteiger partial charge in [-0.15, -0.1) is 0 Å². The lowest BCUT2D eigenvalue weighted by atomic mass is 9.90. The minimum absolute atomic E-state index is 0.162. The standard InChI is InChI=1S/C10H20O2/c1-4-8(3)6-9(7-11)10(12)5-2/h7-10,12H,4-6H2,1-3H3/t8-,9-,10+/m0/s1. The third kappa shape index (κ3) is 3.86. The van der Waals surface area contributed by atoms with Crippen molar-refractivity contribution in [1.29, 1.82) is 0 Å². The molecule has 0 saturated carbocycles. The first-order chi connectivity index (χ1) is 5.65. The van der Waals surface area contributed by atoms with Gasteiger partial charge in [0.2, 0.25) is 0 Å². The van der Waals surface area contributed by atoms with Gasteiger partial charge < -0.3 is 9.90 Å². The summed E-state index contributed by atoms with van der Waals surface area (Å²) in [5.74, 6) is 0.367. The van der Waals surface area contributed by atoms with Crippen LogP contribution in [-0.4, -0.2) is 17.5 Å². The van der Waals surface area contributed by atoms with Gasteiger partial charge in [0, 0.05) is 5.92 Å². The highest BCUT2D eigenvalue weighted by molar-refractivity contribution is 5.54. The molecule has 0 aromatic heterocycles. The predicted octanol–water partition coefficient (Wildman–Crippen LogP) is 2.01. The van der Waals surface area contributed by atoms with Gasteiger partial charge in [0.1, 0.15) is 6.29 Å². The van der Waals surface area contributed by atoms with Crippen LogP contribution in [0.25, 0.3) is 0 Å². The SMILES string of the molecule is CC[C@H](C)C[C@@H](C=O)[C@H](O)CC. The molecule has 0 aliphatic rings. The second kappa shape index (κ2) is 6.18. The zero-order valence-electron chi connectivity index (χ0n) is 8.29. The molecule has 0 unspecified atom stereocenters. The van der Waals surface area contributed by atoms with Crippen LogP contribution in [0.15, 0.2) is 0 Å². The van der Waals surface area contributed by atoms with Gasteiger partial charge in [-0.3, -0.25) is 0 Å². The molecular weight excluding hydrogens is 152 g/mol. The van der Waals surface area contributed by atoms with E-state index in [0.29, 0.717) is 12.3 Å². The van der Waals surface area contributed by atoms with Crippen molar-refractivity contribution >= 4 is 6.29 Å². The van der Waals surface area contributed by atoms with Crippen molar-refractivity contribution in [3.05, 3.63) is 0 Å².